The largest absolute Gasteiger partial charge is 0.335 e. The highest BCUT2D eigenvalue weighted by Gasteiger charge is 2.15. The van der Waals surface area contributed by atoms with E-state index in [4.69, 9.17) is 5.84 Å². The van der Waals surface area contributed by atoms with Crippen molar-refractivity contribution in [3.05, 3.63) is 65.5 Å². The summed E-state index contributed by atoms with van der Waals surface area (Å²) in [5.74, 6) is 6.69. The molecule has 0 atom stereocenters. The van der Waals surface area contributed by atoms with Gasteiger partial charge in [0.15, 0.2) is 5.82 Å². The second-order valence-electron chi connectivity index (χ2n) is 4.93. The number of nitrogen functional groups attached to an aromatic ring is 1. The van der Waals surface area contributed by atoms with Crippen molar-refractivity contribution in [1.29, 1.82) is 0 Å². The molecule has 2 aromatic carbocycles. The van der Waals surface area contributed by atoms with Gasteiger partial charge in [-0.2, -0.15) is 0 Å². The van der Waals surface area contributed by atoms with Crippen LogP contribution in [0.1, 0.15) is 11.1 Å². The van der Waals surface area contributed by atoms with Gasteiger partial charge in [-0.15, -0.1) is 10.2 Å². The number of benzene rings is 2. The Hall–Kier alpha value is -2.34. The molecular weight excluding hydrogens is 299 g/mol. The van der Waals surface area contributed by atoms with E-state index >= 15 is 0 Å². The Labute approximate surface area is 132 Å². The van der Waals surface area contributed by atoms with Crippen LogP contribution in [-0.4, -0.2) is 14.9 Å². The molecule has 0 saturated heterocycles. The van der Waals surface area contributed by atoms with Crippen molar-refractivity contribution < 1.29 is 4.39 Å². The van der Waals surface area contributed by atoms with Crippen LogP contribution in [-0.2, 0) is 5.75 Å². The molecule has 0 spiro atoms. The first-order valence-corrected chi connectivity index (χ1v) is 7.77. The average Bonchev–Trinajstić information content (AvgIpc) is 2.87. The predicted octanol–water partition coefficient (Wildman–Crippen LogP) is 3.40. The topological polar surface area (TPSA) is 56.7 Å². The van der Waals surface area contributed by atoms with Gasteiger partial charge in [0.2, 0.25) is 5.16 Å². The van der Waals surface area contributed by atoms with E-state index in [1.165, 1.54) is 33.6 Å². The SMILES string of the molecule is Cc1cccc(CSc2nnc(-c3ccccc3F)n2N)c1. The van der Waals surface area contributed by atoms with Crippen LogP contribution in [0.5, 0.6) is 0 Å². The molecule has 0 fully saturated rings. The molecule has 0 bridgehead atoms. The highest BCUT2D eigenvalue weighted by molar-refractivity contribution is 7.98. The van der Waals surface area contributed by atoms with Gasteiger partial charge in [-0.25, -0.2) is 9.07 Å². The molecule has 3 rings (SSSR count). The van der Waals surface area contributed by atoms with E-state index in [0.29, 0.717) is 16.5 Å². The summed E-state index contributed by atoms with van der Waals surface area (Å²) in [7, 11) is 0. The lowest BCUT2D eigenvalue weighted by Gasteiger charge is -2.05. The quantitative estimate of drug-likeness (QED) is 0.592. The van der Waals surface area contributed by atoms with Gasteiger partial charge in [-0.05, 0) is 24.6 Å². The van der Waals surface area contributed by atoms with Gasteiger partial charge >= 0.3 is 0 Å². The number of halogens is 1. The maximum absolute atomic E-state index is 13.8. The van der Waals surface area contributed by atoms with E-state index in [9.17, 15) is 4.39 Å². The predicted molar refractivity (Wildman–Crippen MR) is 86.3 cm³/mol. The number of hydrogen-bond donors (Lipinski definition) is 1. The van der Waals surface area contributed by atoms with Crippen LogP contribution < -0.4 is 5.84 Å². The van der Waals surface area contributed by atoms with Crippen molar-refractivity contribution in [2.75, 3.05) is 5.84 Å². The maximum Gasteiger partial charge on any atom is 0.210 e. The molecule has 0 radical (unpaired) electrons. The summed E-state index contributed by atoms with van der Waals surface area (Å²) < 4.78 is 15.1. The molecule has 0 aliphatic carbocycles. The lowest BCUT2D eigenvalue weighted by molar-refractivity contribution is 0.629. The third kappa shape index (κ3) is 2.96. The van der Waals surface area contributed by atoms with Crippen LogP contribution in [0.4, 0.5) is 4.39 Å². The molecular formula is C16H15FN4S. The standard InChI is InChI=1S/C16H15FN4S/c1-11-5-4-6-12(9-11)10-22-16-20-19-15(21(16)18)13-7-2-3-8-14(13)17/h2-9H,10,18H2,1H3. The third-order valence-corrected chi connectivity index (χ3v) is 4.24. The minimum absolute atomic E-state index is 0.324. The summed E-state index contributed by atoms with van der Waals surface area (Å²) in [6.45, 7) is 2.05. The fourth-order valence-corrected chi connectivity index (χ4v) is 2.95. The second kappa shape index (κ2) is 6.19. The zero-order valence-electron chi connectivity index (χ0n) is 12.0. The Kier molecular flexibility index (Phi) is 4.11. The number of nitrogens with zero attached hydrogens (tertiary/aromatic N) is 3. The summed E-state index contributed by atoms with van der Waals surface area (Å²) in [4.78, 5) is 0. The lowest BCUT2D eigenvalue weighted by Crippen LogP contribution is -2.12. The van der Waals surface area contributed by atoms with Crippen molar-refractivity contribution in [1.82, 2.24) is 14.9 Å². The lowest BCUT2D eigenvalue weighted by atomic mass is 10.2. The first-order valence-electron chi connectivity index (χ1n) is 6.79. The molecule has 1 heterocycles. The van der Waals surface area contributed by atoms with Gasteiger partial charge in [0.05, 0.1) is 5.56 Å². The third-order valence-electron chi connectivity index (χ3n) is 3.23. The summed E-state index contributed by atoms with van der Waals surface area (Å²) in [5, 5.41) is 8.61. The van der Waals surface area contributed by atoms with Crippen LogP contribution in [0.2, 0.25) is 0 Å². The zero-order chi connectivity index (χ0) is 15.5. The van der Waals surface area contributed by atoms with Gasteiger partial charge in [-0.1, -0.05) is 53.7 Å². The maximum atomic E-state index is 13.8. The van der Waals surface area contributed by atoms with E-state index in [1.807, 2.05) is 6.07 Å². The fourth-order valence-electron chi connectivity index (χ4n) is 2.15. The molecule has 112 valence electrons. The zero-order valence-corrected chi connectivity index (χ0v) is 12.8. The van der Waals surface area contributed by atoms with E-state index in [1.54, 1.807) is 18.2 Å². The number of aromatic nitrogens is 3. The number of aryl methyl sites for hydroxylation is 1. The second-order valence-corrected chi connectivity index (χ2v) is 5.88. The molecule has 0 unspecified atom stereocenters. The summed E-state index contributed by atoms with van der Waals surface area (Å²) >= 11 is 1.47. The molecule has 22 heavy (non-hydrogen) atoms. The molecule has 1 aromatic heterocycles. The average molecular weight is 314 g/mol. The molecule has 0 aliphatic rings. The highest BCUT2D eigenvalue weighted by Crippen LogP contribution is 2.25. The number of thioether (sulfide) groups is 1. The summed E-state index contributed by atoms with van der Waals surface area (Å²) in [6, 6.07) is 14.6. The van der Waals surface area contributed by atoms with Crippen molar-refractivity contribution in [3.63, 3.8) is 0 Å². The van der Waals surface area contributed by atoms with Crippen molar-refractivity contribution >= 4 is 11.8 Å². The van der Waals surface area contributed by atoms with E-state index in [-0.39, 0.29) is 5.82 Å². The molecule has 0 saturated carbocycles. The molecule has 0 aliphatic heterocycles. The highest BCUT2D eigenvalue weighted by atomic mass is 32.2. The molecule has 0 amide bonds. The normalized spacial score (nSPS) is 10.8. The first-order chi connectivity index (χ1) is 10.6. The van der Waals surface area contributed by atoms with Crippen LogP contribution in [0.3, 0.4) is 0 Å². The van der Waals surface area contributed by atoms with Crippen molar-refractivity contribution in [3.8, 4) is 11.4 Å². The van der Waals surface area contributed by atoms with E-state index in [2.05, 4.69) is 35.3 Å². The fraction of sp³-hybridized carbons (Fsp3) is 0.125. The Balaban J connectivity index is 1.81. The van der Waals surface area contributed by atoms with Gasteiger partial charge in [0.1, 0.15) is 5.82 Å². The summed E-state index contributed by atoms with van der Waals surface area (Å²) in [5.41, 5.74) is 2.74. The molecule has 6 heteroatoms. The van der Waals surface area contributed by atoms with Crippen LogP contribution in [0, 0.1) is 12.7 Å². The van der Waals surface area contributed by atoms with Gasteiger partial charge in [0, 0.05) is 5.75 Å². The Bertz CT molecular complexity index is 800. The Morgan fingerprint density at radius 3 is 2.73 bits per heavy atom. The summed E-state index contributed by atoms with van der Waals surface area (Å²) in [6.07, 6.45) is 0. The molecule has 3 aromatic rings. The Morgan fingerprint density at radius 2 is 1.95 bits per heavy atom. The van der Waals surface area contributed by atoms with Gasteiger partial charge in [-0.3, -0.25) is 0 Å². The smallest absolute Gasteiger partial charge is 0.210 e. The van der Waals surface area contributed by atoms with Gasteiger partial charge in [0.25, 0.3) is 0 Å². The van der Waals surface area contributed by atoms with Crippen LogP contribution in [0.25, 0.3) is 11.4 Å². The molecule has 2 N–H and O–H groups in total. The van der Waals surface area contributed by atoms with Crippen molar-refractivity contribution in [2.24, 2.45) is 0 Å². The van der Waals surface area contributed by atoms with Crippen LogP contribution in [0.15, 0.2) is 53.7 Å². The van der Waals surface area contributed by atoms with Gasteiger partial charge < -0.3 is 5.84 Å². The van der Waals surface area contributed by atoms with E-state index in [0.717, 1.165) is 5.75 Å². The molecule has 4 nitrogen and oxygen atoms in total. The minimum Gasteiger partial charge on any atom is -0.335 e. The van der Waals surface area contributed by atoms with Crippen LogP contribution >= 0.6 is 11.8 Å². The van der Waals surface area contributed by atoms with E-state index < -0.39 is 0 Å². The minimum atomic E-state index is -0.364. The number of nitrogens with two attached hydrogens (primary N) is 1. The Morgan fingerprint density at radius 1 is 1.14 bits per heavy atom. The number of rotatable bonds is 4. The monoisotopic (exact) mass is 314 g/mol. The van der Waals surface area contributed by atoms with Crippen molar-refractivity contribution in [2.45, 2.75) is 17.8 Å². The first kappa shape index (κ1) is 14.6. The number of hydrogen-bond acceptors (Lipinski definition) is 4.